The predicted octanol–water partition coefficient (Wildman–Crippen LogP) is 5.67. The van der Waals surface area contributed by atoms with Gasteiger partial charge in [-0.3, -0.25) is 4.79 Å². The molecule has 3 heteroatoms. The lowest BCUT2D eigenvalue weighted by Gasteiger charge is -2.07. The second-order valence-electron chi connectivity index (χ2n) is 6.78. The summed E-state index contributed by atoms with van der Waals surface area (Å²) in [4.78, 5) is 11.9. The standard InChI is InChI=1S/C21H34N2O/c1-5-6-7-8-9-10-11-12-13-21(24)23-22-19(4)20-15-14-17(2)16-18(20)3/h14-16H,5-13H2,1-4H3,(H,23,24). The summed E-state index contributed by atoms with van der Waals surface area (Å²) in [7, 11) is 0. The first-order chi connectivity index (χ1) is 11.5. The van der Waals surface area contributed by atoms with Crippen LogP contribution in [0.1, 0.15) is 88.3 Å². The van der Waals surface area contributed by atoms with Crippen molar-refractivity contribution in [1.82, 2.24) is 5.43 Å². The van der Waals surface area contributed by atoms with E-state index in [0.717, 1.165) is 24.1 Å². The van der Waals surface area contributed by atoms with E-state index in [9.17, 15) is 4.79 Å². The third-order valence-electron chi connectivity index (χ3n) is 4.38. The first-order valence-electron chi connectivity index (χ1n) is 9.45. The fraction of sp³-hybridized carbons (Fsp3) is 0.619. The molecule has 0 fully saturated rings. The predicted molar refractivity (Wildman–Crippen MR) is 103 cm³/mol. The van der Waals surface area contributed by atoms with Crippen LogP contribution in [0.3, 0.4) is 0 Å². The number of carbonyl (C=O) groups excluding carboxylic acids is 1. The highest BCUT2D eigenvalue weighted by Gasteiger charge is 2.04. The Labute approximate surface area is 147 Å². The number of benzene rings is 1. The molecule has 0 spiro atoms. The maximum absolute atomic E-state index is 11.9. The summed E-state index contributed by atoms with van der Waals surface area (Å²) in [5.74, 6) is 0.0186. The molecule has 0 bridgehead atoms. The van der Waals surface area contributed by atoms with Crippen molar-refractivity contribution >= 4 is 11.6 Å². The molecule has 0 radical (unpaired) electrons. The topological polar surface area (TPSA) is 41.5 Å². The second-order valence-corrected chi connectivity index (χ2v) is 6.78. The molecule has 1 rings (SSSR count). The zero-order valence-electron chi connectivity index (χ0n) is 16.0. The number of unbranched alkanes of at least 4 members (excludes halogenated alkanes) is 7. The van der Waals surface area contributed by atoms with Crippen LogP contribution in [0.15, 0.2) is 23.3 Å². The molecule has 1 aromatic rings. The quantitative estimate of drug-likeness (QED) is 0.317. The smallest absolute Gasteiger partial charge is 0.240 e. The number of hydrazone groups is 1. The summed E-state index contributed by atoms with van der Waals surface area (Å²) in [5.41, 5.74) is 7.07. The minimum atomic E-state index is 0.0186. The van der Waals surface area contributed by atoms with Gasteiger partial charge in [0.1, 0.15) is 0 Å². The van der Waals surface area contributed by atoms with Crippen LogP contribution in [0, 0.1) is 13.8 Å². The van der Waals surface area contributed by atoms with Crippen LogP contribution in [-0.2, 0) is 4.79 Å². The lowest BCUT2D eigenvalue weighted by atomic mass is 10.0. The third-order valence-corrected chi connectivity index (χ3v) is 4.38. The van der Waals surface area contributed by atoms with E-state index in [0.29, 0.717) is 6.42 Å². The lowest BCUT2D eigenvalue weighted by molar-refractivity contribution is -0.121. The van der Waals surface area contributed by atoms with Crippen molar-refractivity contribution in [2.75, 3.05) is 0 Å². The van der Waals surface area contributed by atoms with Gasteiger partial charge in [-0.2, -0.15) is 5.10 Å². The van der Waals surface area contributed by atoms with Crippen molar-refractivity contribution < 1.29 is 4.79 Å². The van der Waals surface area contributed by atoms with Crippen LogP contribution in [0.4, 0.5) is 0 Å². The first kappa shape index (κ1) is 20.4. The van der Waals surface area contributed by atoms with Gasteiger partial charge in [0, 0.05) is 12.0 Å². The molecule has 1 aromatic carbocycles. The summed E-state index contributed by atoms with van der Waals surface area (Å²) in [6.45, 7) is 8.33. The van der Waals surface area contributed by atoms with E-state index in [2.05, 4.69) is 49.5 Å². The van der Waals surface area contributed by atoms with Crippen molar-refractivity contribution in [2.45, 2.75) is 85.5 Å². The Morgan fingerprint density at radius 3 is 2.25 bits per heavy atom. The van der Waals surface area contributed by atoms with Gasteiger partial charge in [0.25, 0.3) is 0 Å². The molecular formula is C21H34N2O. The van der Waals surface area contributed by atoms with Gasteiger partial charge in [0.2, 0.25) is 5.91 Å². The van der Waals surface area contributed by atoms with Crippen LogP contribution in [0.25, 0.3) is 0 Å². The molecule has 0 atom stereocenters. The Hall–Kier alpha value is -1.64. The molecule has 0 saturated carbocycles. The van der Waals surface area contributed by atoms with Crippen LogP contribution < -0.4 is 5.43 Å². The van der Waals surface area contributed by atoms with Crippen LogP contribution in [0.5, 0.6) is 0 Å². The third kappa shape index (κ3) is 8.28. The van der Waals surface area contributed by atoms with Crippen molar-refractivity contribution in [1.29, 1.82) is 0 Å². The van der Waals surface area contributed by atoms with Gasteiger partial charge in [0.15, 0.2) is 0 Å². The van der Waals surface area contributed by atoms with E-state index in [1.807, 2.05) is 6.92 Å². The first-order valence-corrected chi connectivity index (χ1v) is 9.45. The van der Waals surface area contributed by atoms with Gasteiger partial charge in [-0.05, 0) is 32.8 Å². The summed E-state index contributed by atoms with van der Waals surface area (Å²) >= 11 is 0. The number of rotatable bonds is 11. The van der Waals surface area contributed by atoms with Gasteiger partial charge in [0.05, 0.1) is 5.71 Å². The molecule has 0 unspecified atom stereocenters. The van der Waals surface area contributed by atoms with Crippen molar-refractivity contribution in [3.05, 3.63) is 34.9 Å². The Morgan fingerprint density at radius 1 is 1.00 bits per heavy atom. The maximum atomic E-state index is 11.9. The summed E-state index contributed by atoms with van der Waals surface area (Å²) in [6.07, 6.45) is 10.5. The van der Waals surface area contributed by atoms with Gasteiger partial charge < -0.3 is 0 Å². The molecule has 0 aliphatic carbocycles. The highest BCUT2D eigenvalue weighted by atomic mass is 16.2. The summed E-state index contributed by atoms with van der Waals surface area (Å²) in [5, 5.41) is 4.25. The fourth-order valence-corrected chi connectivity index (χ4v) is 2.90. The summed E-state index contributed by atoms with van der Waals surface area (Å²) in [6, 6.07) is 6.27. The molecule has 134 valence electrons. The monoisotopic (exact) mass is 330 g/mol. The molecular weight excluding hydrogens is 296 g/mol. The highest BCUT2D eigenvalue weighted by molar-refractivity contribution is 6.00. The molecule has 1 amide bonds. The van der Waals surface area contributed by atoms with E-state index in [-0.39, 0.29) is 5.91 Å². The molecule has 0 saturated heterocycles. The van der Waals surface area contributed by atoms with Gasteiger partial charge >= 0.3 is 0 Å². The van der Waals surface area contributed by atoms with Crippen molar-refractivity contribution in [3.63, 3.8) is 0 Å². The minimum Gasteiger partial charge on any atom is -0.273 e. The molecule has 24 heavy (non-hydrogen) atoms. The van der Waals surface area contributed by atoms with Crippen molar-refractivity contribution in [2.24, 2.45) is 5.10 Å². The number of carbonyl (C=O) groups is 1. The molecule has 0 aliphatic heterocycles. The Morgan fingerprint density at radius 2 is 1.62 bits per heavy atom. The average Bonchev–Trinajstić information content (AvgIpc) is 2.55. The van der Waals surface area contributed by atoms with E-state index in [1.54, 1.807) is 0 Å². The number of amides is 1. The molecule has 0 heterocycles. The number of hydrogen-bond donors (Lipinski definition) is 1. The van der Waals surface area contributed by atoms with Gasteiger partial charge in [-0.25, -0.2) is 5.43 Å². The molecule has 0 aromatic heterocycles. The average molecular weight is 331 g/mol. The zero-order chi connectivity index (χ0) is 17.8. The number of nitrogens with one attached hydrogen (secondary N) is 1. The molecule has 0 aliphatic rings. The van der Waals surface area contributed by atoms with Crippen LogP contribution in [0.2, 0.25) is 0 Å². The zero-order valence-corrected chi connectivity index (χ0v) is 16.0. The maximum Gasteiger partial charge on any atom is 0.240 e. The van der Waals surface area contributed by atoms with Crippen LogP contribution in [-0.4, -0.2) is 11.6 Å². The lowest BCUT2D eigenvalue weighted by Crippen LogP contribution is -2.19. The minimum absolute atomic E-state index is 0.0186. The summed E-state index contributed by atoms with van der Waals surface area (Å²) < 4.78 is 0. The van der Waals surface area contributed by atoms with E-state index in [1.165, 1.54) is 49.7 Å². The largest absolute Gasteiger partial charge is 0.273 e. The normalized spacial score (nSPS) is 11.6. The number of nitrogens with zero attached hydrogens (tertiary/aromatic N) is 1. The Balaban J connectivity index is 2.23. The Bertz CT molecular complexity index is 535. The van der Waals surface area contributed by atoms with Gasteiger partial charge in [-0.1, -0.05) is 75.6 Å². The van der Waals surface area contributed by atoms with E-state index in [4.69, 9.17) is 0 Å². The van der Waals surface area contributed by atoms with Gasteiger partial charge in [-0.15, -0.1) is 0 Å². The SMILES string of the molecule is CCCCCCCCCCC(=O)NN=C(C)c1ccc(C)cc1C. The number of aryl methyl sites for hydroxylation is 2. The fourth-order valence-electron chi connectivity index (χ4n) is 2.90. The molecule has 1 N–H and O–H groups in total. The number of hydrogen-bond acceptors (Lipinski definition) is 2. The van der Waals surface area contributed by atoms with E-state index >= 15 is 0 Å². The van der Waals surface area contributed by atoms with E-state index < -0.39 is 0 Å². The van der Waals surface area contributed by atoms with Crippen LogP contribution >= 0.6 is 0 Å². The Kier molecular flexibility index (Phi) is 10.1. The highest BCUT2D eigenvalue weighted by Crippen LogP contribution is 2.12. The molecule has 3 nitrogen and oxygen atoms in total. The van der Waals surface area contributed by atoms with Crippen molar-refractivity contribution in [3.8, 4) is 0 Å². The second kappa shape index (κ2) is 11.8.